The van der Waals surface area contributed by atoms with E-state index in [4.69, 9.17) is 32.7 Å². The second-order valence-corrected chi connectivity index (χ2v) is 6.30. The van der Waals surface area contributed by atoms with E-state index in [1.807, 2.05) is 0 Å². The predicted octanol–water partition coefficient (Wildman–Crippen LogP) is 2.63. The van der Waals surface area contributed by atoms with Gasteiger partial charge in [-0.25, -0.2) is 9.67 Å². The molecule has 1 N–H and O–H groups in total. The van der Waals surface area contributed by atoms with Gasteiger partial charge >= 0.3 is 0 Å². The van der Waals surface area contributed by atoms with Crippen LogP contribution in [0, 0.1) is 0 Å². The highest BCUT2D eigenvalue weighted by Gasteiger charge is 2.34. The quantitative estimate of drug-likeness (QED) is 0.860. The molecular formula is C15H17Cl2N3O3. The van der Waals surface area contributed by atoms with E-state index in [1.165, 1.54) is 6.33 Å². The third kappa shape index (κ3) is 4.02. The van der Waals surface area contributed by atoms with Crippen LogP contribution >= 0.6 is 23.2 Å². The molecule has 0 amide bonds. The maximum atomic E-state index is 11.3. The first kappa shape index (κ1) is 16.7. The molecule has 1 aromatic carbocycles. The van der Waals surface area contributed by atoms with Crippen molar-refractivity contribution in [1.29, 1.82) is 0 Å². The van der Waals surface area contributed by atoms with Crippen LogP contribution in [0.4, 0.5) is 0 Å². The van der Waals surface area contributed by atoms with Crippen LogP contribution in [0.25, 0.3) is 0 Å². The molecule has 0 spiro atoms. The smallest absolute Gasteiger partial charge is 0.157 e. The van der Waals surface area contributed by atoms with Gasteiger partial charge in [0.25, 0.3) is 0 Å². The summed E-state index contributed by atoms with van der Waals surface area (Å²) in [6, 6.07) is 5.06. The van der Waals surface area contributed by atoms with Crippen LogP contribution in [0.3, 0.4) is 0 Å². The third-order valence-corrected chi connectivity index (χ3v) is 4.35. The SMILES string of the molecule is OC(CCC1OCCO1)(Cn1cncn1)c1ccc(Cl)cc1Cl. The van der Waals surface area contributed by atoms with E-state index >= 15 is 0 Å². The highest BCUT2D eigenvalue weighted by molar-refractivity contribution is 6.35. The predicted molar refractivity (Wildman–Crippen MR) is 85.3 cm³/mol. The molecule has 0 radical (unpaired) electrons. The number of halogens is 2. The van der Waals surface area contributed by atoms with Gasteiger partial charge in [0.1, 0.15) is 18.3 Å². The van der Waals surface area contributed by atoms with Crippen molar-refractivity contribution < 1.29 is 14.6 Å². The Morgan fingerprint density at radius 2 is 2.09 bits per heavy atom. The lowest BCUT2D eigenvalue weighted by atomic mass is 9.88. The number of benzene rings is 1. The van der Waals surface area contributed by atoms with Crippen molar-refractivity contribution >= 4 is 23.2 Å². The zero-order valence-electron chi connectivity index (χ0n) is 12.4. The lowest BCUT2D eigenvalue weighted by molar-refractivity contribution is -0.0731. The first-order chi connectivity index (χ1) is 11.1. The molecule has 1 fully saturated rings. The van der Waals surface area contributed by atoms with Crippen molar-refractivity contribution in [2.75, 3.05) is 13.2 Å². The molecule has 1 atom stereocenters. The van der Waals surface area contributed by atoms with Crippen LogP contribution in [0.15, 0.2) is 30.9 Å². The molecule has 23 heavy (non-hydrogen) atoms. The van der Waals surface area contributed by atoms with Crippen molar-refractivity contribution in [3.8, 4) is 0 Å². The zero-order chi connectivity index (χ0) is 16.3. The molecule has 6 nitrogen and oxygen atoms in total. The standard InChI is InChI=1S/C15H17Cl2N3O3/c16-11-1-2-12(13(17)7-11)15(21,8-20-10-18-9-19-20)4-3-14-22-5-6-23-14/h1-2,7,9-10,14,21H,3-6,8H2. The van der Waals surface area contributed by atoms with Gasteiger partial charge in [-0.15, -0.1) is 0 Å². The molecule has 1 aromatic heterocycles. The molecule has 124 valence electrons. The van der Waals surface area contributed by atoms with Crippen molar-refractivity contribution in [2.45, 2.75) is 31.3 Å². The number of hydrogen-bond donors (Lipinski definition) is 1. The Kier molecular flexibility index (Phi) is 5.18. The monoisotopic (exact) mass is 357 g/mol. The lowest BCUT2D eigenvalue weighted by Gasteiger charge is -2.30. The summed E-state index contributed by atoms with van der Waals surface area (Å²) in [5.41, 5.74) is -0.637. The molecule has 1 aliphatic rings. The van der Waals surface area contributed by atoms with Gasteiger partial charge in [0.05, 0.1) is 19.8 Å². The van der Waals surface area contributed by atoms with Crippen molar-refractivity contribution in [1.82, 2.24) is 14.8 Å². The summed E-state index contributed by atoms with van der Waals surface area (Å²) >= 11 is 12.3. The molecule has 8 heteroatoms. The van der Waals surface area contributed by atoms with Gasteiger partial charge in [-0.3, -0.25) is 0 Å². The van der Waals surface area contributed by atoms with Gasteiger partial charge in [-0.05, 0) is 18.6 Å². The van der Waals surface area contributed by atoms with Crippen LogP contribution in [0.5, 0.6) is 0 Å². The van der Waals surface area contributed by atoms with Crippen LogP contribution in [0.1, 0.15) is 18.4 Å². The molecule has 1 saturated heterocycles. The minimum Gasteiger partial charge on any atom is -0.383 e. The van der Waals surface area contributed by atoms with E-state index in [0.29, 0.717) is 41.7 Å². The first-order valence-corrected chi connectivity index (χ1v) is 8.06. The van der Waals surface area contributed by atoms with Crippen LogP contribution in [0.2, 0.25) is 10.0 Å². The fraction of sp³-hybridized carbons (Fsp3) is 0.467. The summed E-state index contributed by atoms with van der Waals surface area (Å²) < 4.78 is 12.5. The zero-order valence-corrected chi connectivity index (χ0v) is 13.9. The lowest BCUT2D eigenvalue weighted by Crippen LogP contribution is -2.33. The molecule has 0 bridgehead atoms. The van der Waals surface area contributed by atoms with Crippen LogP contribution in [-0.2, 0) is 21.6 Å². The third-order valence-electron chi connectivity index (χ3n) is 3.81. The van der Waals surface area contributed by atoms with Crippen molar-refractivity contribution in [3.63, 3.8) is 0 Å². The molecule has 2 heterocycles. The molecule has 1 aliphatic heterocycles. The number of rotatable bonds is 6. The number of hydrogen-bond acceptors (Lipinski definition) is 5. The normalized spacial score (nSPS) is 18.2. The maximum absolute atomic E-state index is 11.3. The summed E-state index contributed by atoms with van der Waals surface area (Å²) in [4.78, 5) is 3.91. The van der Waals surface area contributed by atoms with Gasteiger partial charge in [-0.1, -0.05) is 29.3 Å². The fourth-order valence-corrected chi connectivity index (χ4v) is 3.26. The largest absolute Gasteiger partial charge is 0.383 e. The van der Waals surface area contributed by atoms with E-state index < -0.39 is 5.60 Å². The molecule has 3 rings (SSSR count). The molecule has 0 aliphatic carbocycles. The Balaban J connectivity index is 1.84. The molecular weight excluding hydrogens is 341 g/mol. The Labute approximate surface area is 143 Å². The highest BCUT2D eigenvalue weighted by atomic mass is 35.5. The highest BCUT2D eigenvalue weighted by Crippen LogP contribution is 2.36. The van der Waals surface area contributed by atoms with Crippen LogP contribution < -0.4 is 0 Å². The number of ether oxygens (including phenoxy) is 2. The molecule has 1 unspecified atom stereocenters. The van der Waals surface area contributed by atoms with E-state index in [9.17, 15) is 5.11 Å². The van der Waals surface area contributed by atoms with Crippen LogP contribution in [-0.4, -0.2) is 39.4 Å². The maximum Gasteiger partial charge on any atom is 0.157 e. The summed E-state index contributed by atoms with van der Waals surface area (Å²) in [7, 11) is 0. The Morgan fingerprint density at radius 1 is 1.30 bits per heavy atom. The first-order valence-electron chi connectivity index (χ1n) is 7.30. The topological polar surface area (TPSA) is 69.4 Å². The summed E-state index contributed by atoms with van der Waals surface area (Å²) in [5, 5.41) is 16.3. The number of aromatic nitrogens is 3. The van der Waals surface area contributed by atoms with E-state index in [0.717, 1.165) is 0 Å². The van der Waals surface area contributed by atoms with Gasteiger partial charge < -0.3 is 14.6 Å². The van der Waals surface area contributed by atoms with Gasteiger partial charge in [0, 0.05) is 22.0 Å². The second-order valence-electron chi connectivity index (χ2n) is 5.46. The fourth-order valence-electron chi connectivity index (χ4n) is 2.68. The minimum atomic E-state index is -1.23. The van der Waals surface area contributed by atoms with E-state index in [-0.39, 0.29) is 12.8 Å². The number of aliphatic hydroxyl groups is 1. The average Bonchev–Trinajstić information content (AvgIpc) is 3.18. The molecule has 2 aromatic rings. The summed E-state index contributed by atoms with van der Waals surface area (Å²) in [6.07, 6.45) is 3.62. The van der Waals surface area contributed by atoms with E-state index in [1.54, 1.807) is 29.2 Å². The van der Waals surface area contributed by atoms with Crippen molar-refractivity contribution in [3.05, 3.63) is 46.5 Å². The van der Waals surface area contributed by atoms with E-state index in [2.05, 4.69) is 10.1 Å². The summed E-state index contributed by atoms with van der Waals surface area (Å²) in [5.74, 6) is 0. The Morgan fingerprint density at radius 3 is 2.74 bits per heavy atom. The van der Waals surface area contributed by atoms with Gasteiger partial charge in [-0.2, -0.15) is 5.10 Å². The average molecular weight is 358 g/mol. The minimum absolute atomic E-state index is 0.223. The number of nitrogens with zero attached hydrogens (tertiary/aromatic N) is 3. The Hall–Kier alpha value is -1.18. The summed E-state index contributed by atoms with van der Waals surface area (Å²) in [6.45, 7) is 1.38. The Bertz CT molecular complexity index is 647. The van der Waals surface area contributed by atoms with Gasteiger partial charge in [0.15, 0.2) is 6.29 Å². The molecule has 0 saturated carbocycles. The van der Waals surface area contributed by atoms with Crippen molar-refractivity contribution in [2.24, 2.45) is 0 Å². The second kappa shape index (κ2) is 7.15. The van der Waals surface area contributed by atoms with Gasteiger partial charge in [0.2, 0.25) is 0 Å².